The first-order valence-corrected chi connectivity index (χ1v) is 9.73. The minimum Gasteiger partial charge on any atom is -0.481 e. The number of carbonyl (C=O) groups excluding carboxylic acids is 2. The predicted molar refractivity (Wildman–Crippen MR) is 108 cm³/mol. The highest BCUT2D eigenvalue weighted by Crippen LogP contribution is 2.16. The number of likely N-dealkylation sites (N-methyl/N-ethyl adjacent to an activating group) is 1. The third kappa shape index (κ3) is 10.6. The van der Waals surface area contributed by atoms with Crippen molar-refractivity contribution in [3.05, 3.63) is 25.3 Å². The zero-order valence-electron chi connectivity index (χ0n) is 17.1. The van der Waals surface area contributed by atoms with E-state index in [1.807, 2.05) is 19.9 Å². The van der Waals surface area contributed by atoms with Gasteiger partial charge < -0.3 is 15.3 Å². The molecule has 0 aromatic carbocycles. The molecule has 2 amide bonds. The van der Waals surface area contributed by atoms with Crippen LogP contribution < -0.4 is 5.32 Å². The van der Waals surface area contributed by atoms with Gasteiger partial charge in [0.2, 0.25) is 11.8 Å². The van der Waals surface area contributed by atoms with Gasteiger partial charge in [0.25, 0.3) is 0 Å². The van der Waals surface area contributed by atoms with Crippen LogP contribution in [0.15, 0.2) is 25.3 Å². The van der Waals surface area contributed by atoms with E-state index in [1.165, 1.54) is 0 Å². The van der Waals surface area contributed by atoms with Gasteiger partial charge in [-0.3, -0.25) is 14.4 Å². The largest absolute Gasteiger partial charge is 0.481 e. The van der Waals surface area contributed by atoms with E-state index >= 15 is 0 Å². The molecule has 0 aliphatic carbocycles. The van der Waals surface area contributed by atoms with Crippen molar-refractivity contribution in [1.82, 2.24) is 10.2 Å². The number of aliphatic carboxylic acids is 1. The Morgan fingerprint density at radius 3 is 2.19 bits per heavy atom. The summed E-state index contributed by atoms with van der Waals surface area (Å²) in [7, 11) is 1.73. The van der Waals surface area contributed by atoms with E-state index < -0.39 is 17.9 Å². The Bertz CT molecular complexity index is 502. The van der Waals surface area contributed by atoms with Gasteiger partial charge in [0, 0.05) is 19.5 Å². The molecule has 0 fully saturated rings. The van der Waals surface area contributed by atoms with E-state index in [-0.39, 0.29) is 24.2 Å². The highest BCUT2D eigenvalue weighted by Gasteiger charge is 2.30. The van der Waals surface area contributed by atoms with Crippen LogP contribution in [0, 0.1) is 11.8 Å². The molecule has 0 saturated heterocycles. The van der Waals surface area contributed by atoms with Crippen molar-refractivity contribution >= 4 is 17.8 Å². The predicted octanol–water partition coefficient (Wildman–Crippen LogP) is 3.39. The zero-order chi connectivity index (χ0) is 20.8. The third-order valence-corrected chi connectivity index (χ3v) is 4.51. The first-order chi connectivity index (χ1) is 12.7. The molecule has 6 heteroatoms. The molecule has 0 unspecified atom stereocenters. The molecule has 0 spiro atoms. The molecule has 0 heterocycles. The van der Waals surface area contributed by atoms with Crippen molar-refractivity contribution in [3.63, 3.8) is 0 Å². The van der Waals surface area contributed by atoms with Crippen molar-refractivity contribution in [2.75, 3.05) is 13.6 Å². The van der Waals surface area contributed by atoms with Crippen LogP contribution in [0.5, 0.6) is 0 Å². The fourth-order valence-corrected chi connectivity index (χ4v) is 2.82. The molecule has 0 bridgehead atoms. The molecule has 154 valence electrons. The van der Waals surface area contributed by atoms with Gasteiger partial charge in [-0.25, -0.2) is 0 Å². The Labute approximate surface area is 163 Å². The van der Waals surface area contributed by atoms with Crippen LogP contribution in [0.2, 0.25) is 0 Å². The molecule has 0 aromatic rings. The van der Waals surface area contributed by atoms with E-state index in [1.54, 1.807) is 18.0 Å². The number of allylic oxidation sites excluding steroid dienone is 2. The number of carbonyl (C=O) groups is 3. The van der Waals surface area contributed by atoms with Crippen molar-refractivity contribution in [2.24, 2.45) is 11.8 Å². The van der Waals surface area contributed by atoms with E-state index in [4.69, 9.17) is 5.11 Å². The number of amides is 2. The third-order valence-electron chi connectivity index (χ3n) is 4.51. The summed E-state index contributed by atoms with van der Waals surface area (Å²) >= 11 is 0. The Kier molecular flexibility index (Phi) is 12.9. The zero-order valence-corrected chi connectivity index (χ0v) is 17.1. The number of carboxylic acids is 1. The van der Waals surface area contributed by atoms with Gasteiger partial charge in [0.15, 0.2) is 0 Å². The average Bonchev–Trinajstić information content (AvgIpc) is 2.61. The summed E-state index contributed by atoms with van der Waals surface area (Å²) in [6, 6.07) is -0.655. The van der Waals surface area contributed by atoms with E-state index in [9.17, 15) is 14.4 Å². The van der Waals surface area contributed by atoms with Gasteiger partial charge in [-0.2, -0.15) is 0 Å². The fourth-order valence-electron chi connectivity index (χ4n) is 2.82. The molecule has 0 rings (SSSR count). The summed E-state index contributed by atoms with van der Waals surface area (Å²) < 4.78 is 0. The smallest absolute Gasteiger partial charge is 0.304 e. The topological polar surface area (TPSA) is 86.7 Å². The number of hydrogen-bond acceptors (Lipinski definition) is 3. The Morgan fingerprint density at radius 2 is 1.67 bits per heavy atom. The standard InChI is InChI=1S/C21H36N2O4/c1-6-8-10-12-14-23(5)21(27)19(16(3)4)22-20(26)17(15-18(24)25)13-11-9-7-2/h6-7,16-17,19H,1-2,8-15H2,3-5H3,(H,22,26)(H,24,25)/t17-,19+/m1/s1. The Balaban J connectivity index is 4.92. The van der Waals surface area contributed by atoms with Crippen molar-refractivity contribution in [3.8, 4) is 0 Å². The quantitative estimate of drug-likeness (QED) is 0.337. The average molecular weight is 381 g/mol. The second-order valence-electron chi connectivity index (χ2n) is 7.29. The lowest BCUT2D eigenvalue weighted by molar-refractivity contribution is -0.142. The number of rotatable bonds is 15. The maximum atomic E-state index is 12.8. The monoisotopic (exact) mass is 380 g/mol. The molecule has 0 aromatic heterocycles. The van der Waals surface area contributed by atoms with Crippen molar-refractivity contribution in [1.29, 1.82) is 0 Å². The summed E-state index contributed by atoms with van der Waals surface area (Å²) in [5.74, 6) is -2.25. The molecule has 0 saturated carbocycles. The molecule has 2 N–H and O–H groups in total. The normalized spacial score (nSPS) is 12.9. The van der Waals surface area contributed by atoms with Gasteiger partial charge in [0.1, 0.15) is 6.04 Å². The number of unbranched alkanes of at least 4 members (excludes halogenated alkanes) is 3. The van der Waals surface area contributed by atoms with Gasteiger partial charge in [-0.15, -0.1) is 13.2 Å². The van der Waals surface area contributed by atoms with Crippen LogP contribution in [0.25, 0.3) is 0 Å². The van der Waals surface area contributed by atoms with Gasteiger partial charge in [-0.05, 0) is 44.4 Å². The Hall–Kier alpha value is -2.11. The van der Waals surface area contributed by atoms with Crippen LogP contribution >= 0.6 is 0 Å². The Morgan fingerprint density at radius 1 is 1.07 bits per heavy atom. The molecular weight excluding hydrogens is 344 g/mol. The summed E-state index contributed by atoms with van der Waals surface area (Å²) in [4.78, 5) is 38.1. The summed E-state index contributed by atoms with van der Waals surface area (Å²) in [6.45, 7) is 11.7. The summed E-state index contributed by atoms with van der Waals surface area (Å²) in [5, 5.41) is 11.9. The van der Waals surface area contributed by atoms with E-state index in [2.05, 4.69) is 18.5 Å². The minimum absolute atomic E-state index is 0.0873. The van der Waals surface area contributed by atoms with Crippen LogP contribution in [-0.2, 0) is 14.4 Å². The van der Waals surface area contributed by atoms with Gasteiger partial charge >= 0.3 is 5.97 Å². The number of carboxylic acid groups (broad SMARTS) is 1. The minimum atomic E-state index is -1.01. The van der Waals surface area contributed by atoms with Crippen molar-refractivity contribution in [2.45, 2.75) is 64.8 Å². The fraction of sp³-hybridized carbons (Fsp3) is 0.667. The maximum absolute atomic E-state index is 12.8. The van der Waals surface area contributed by atoms with Crippen molar-refractivity contribution < 1.29 is 19.5 Å². The lowest BCUT2D eigenvalue weighted by Crippen LogP contribution is -2.52. The second kappa shape index (κ2) is 14.0. The van der Waals surface area contributed by atoms with E-state index in [0.717, 1.165) is 25.7 Å². The lowest BCUT2D eigenvalue weighted by Gasteiger charge is -2.28. The molecular formula is C21H36N2O4. The summed E-state index contributed by atoms with van der Waals surface area (Å²) in [6.07, 6.45) is 7.99. The van der Waals surface area contributed by atoms with Crippen LogP contribution in [-0.4, -0.2) is 47.4 Å². The van der Waals surface area contributed by atoms with Gasteiger partial charge in [0.05, 0.1) is 6.42 Å². The molecule has 27 heavy (non-hydrogen) atoms. The number of nitrogens with zero attached hydrogens (tertiary/aromatic N) is 1. The molecule has 6 nitrogen and oxygen atoms in total. The SMILES string of the molecule is C=CCCCCN(C)C(=O)[C@@H](NC(=O)[C@H](CCCC=C)CC(=O)O)C(C)C. The molecule has 0 radical (unpaired) electrons. The number of nitrogens with one attached hydrogen (secondary N) is 1. The van der Waals surface area contributed by atoms with E-state index in [0.29, 0.717) is 19.4 Å². The molecule has 0 aliphatic heterocycles. The second-order valence-corrected chi connectivity index (χ2v) is 7.29. The highest BCUT2D eigenvalue weighted by atomic mass is 16.4. The summed E-state index contributed by atoms with van der Waals surface area (Å²) in [5.41, 5.74) is 0. The van der Waals surface area contributed by atoms with Crippen LogP contribution in [0.4, 0.5) is 0 Å². The highest BCUT2D eigenvalue weighted by molar-refractivity contribution is 5.90. The first kappa shape index (κ1) is 24.9. The molecule has 2 atom stereocenters. The number of hydrogen-bond donors (Lipinski definition) is 2. The molecule has 0 aliphatic rings. The first-order valence-electron chi connectivity index (χ1n) is 9.73. The maximum Gasteiger partial charge on any atom is 0.304 e. The van der Waals surface area contributed by atoms with Gasteiger partial charge in [-0.1, -0.05) is 26.0 Å². The lowest BCUT2D eigenvalue weighted by atomic mass is 9.95. The van der Waals surface area contributed by atoms with Crippen LogP contribution in [0.1, 0.15) is 58.8 Å². The van der Waals surface area contributed by atoms with Crippen LogP contribution in [0.3, 0.4) is 0 Å².